The summed E-state index contributed by atoms with van der Waals surface area (Å²) in [5, 5.41) is 13.1. The lowest BCUT2D eigenvalue weighted by Crippen LogP contribution is -2.35. The quantitative estimate of drug-likeness (QED) is 0.798. The lowest BCUT2D eigenvalue weighted by molar-refractivity contribution is 0.102. The average molecular weight is 285 g/mol. The van der Waals surface area contributed by atoms with E-state index >= 15 is 0 Å². The molecule has 1 saturated carbocycles. The fraction of sp³-hybridized carbons (Fsp3) is 0.846. The molecule has 0 bridgehead atoms. The summed E-state index contributed by atoms with van der Waals surface area (Å²) in [5.74, 6) is 2.11. The van der Waals surface area contributed by atoms with Crippen LogP contribution in [0.25, 0.3) is 0 Å². The van der Waals surface area contributed by atoms with Crippen molar-refractivity contribution in [2.45, 2.75) is 38.7 Å². The minimum atomic E-state index is -0.497. The largest absolute Gasteiger partial charge is 0.473 e. The van der Waals surface area contributed by atoms with E-state index < -0.39 is 6.10 Å². The minimum Gasteiger partial charge on any atom is -0.473 e. The smallest absolute Gasteiger partial charge is 0.245 e. The summed E-state index contributed by atoms with van der Waals surface area (Å²) in [4.78, 5) is 0. The molecule has 108 valence electrons. The Bertz CT molecular complexity index is 348. The van der Waals surface area contributed by atoms with E-state index in [9.17, 15) is 5.11 Å². The Morgan fingerprint density at radius 2 is 2.47 bits per heavy atom. The van der Waals surface area contributed by atoms with Crippen molar-refractivity contribution in [3.8, 4) is 5.88 Å². The first-order chi connectivity index (χ1) is 9.24. The molecule has 1 aromatic heterocycles. The van der Waals surface area contributed by atoms with Crippen LogP contribution in [0, 0.1) is 11.8 Å². The van der Waals surface area contributed by atoms with Gasteiger partial charge in [-0.2, -0.15) is 4.37 Å². The molecule has 0 radical (unpaired) electrons. The normalized spacial score (nSPS) is 25.2. The van der Waals surface area contributed by atoms with Crippen LogP contribution >= 0.6 is 11.7 Å². The summed E-state index contributed by atoms with van der Waals surface area (Å²) in [6.45, 7) is 4.17. The summed E-state index contributed by atoms with van der Waals surface area (Å²) in [7, 11) is 0. The number of nitrogens with zero attached hydrogens (tertiary/aromatic N) is 2. The number of hydrogen-bond donors (Lipinski definition) is 2. The van der Waals surface area contributed by atoms with E-state index in [4.69, 9.17) is 4.74 Å². The SMILES string of the molecule is CC1CCCC(CNCC(O)COc2cnsn2)C1. The monoisotopic (exact) mass is 285 g/mol. The fourth-order valence-corrected chi connectivity index (χ4v) is 3.02. The number of aromatic nitrogens is 2. The van der Waals surface area contributed by atoms with Crippen molar-refractivity contribution in [2.24, 2.45) is 11.8 Å². The maximum Gasteiger partial charge on any atom is 0.245 e. The van der Waals surface area contributed by atoms with Gasteiger partial charge in [-0.1, -0.05) is 19.8 Å². The Hall–Kier alpha value is -0.720. The number of aliphatic hydroxyl groups excluding tert-OH is 1. The average Bonchev–Trinajstić information content (AvgIpc) is 2.89. The van der Waals surface area contributed by atoms with Crippen molar-refractivity contribution >= 4 is 11.7 Å². The van der Waals surface area contributed by atoms with Gasteiger partial charge >= 0.3 is 0 Å². The molecule has 2 N–H and O–H groups in total. The van der Waals surface area contributed by atoms with E-state index in [1.165, 1.54) is 25.7 Å². The first-order valence-corrected chi connectivity index (χ1v) is 7.76. The van der Waals surface area contributed by atoms with E-state index in [0.29, 0.717) is 12.4 Å². The molecule has 1 aromatic rings. The van der Waals surface area contributed by atoms with Crippen LogP contribution in [-0.4, -0.2) is 39.7 Å². The van der Waals surface area contributed by atoms with E-state index in [1.54, 1.807) is 6.20 Å². The molecule has 0 aromatic carbocycles. The van der Waals surface area contributed by atoms with Crippen LogP contribution in [0.15, 0.2) is 6.20 Å². The maximum absolute atomic E-state index is 9.80. The second-order valence-corrected chi connectivity index (χ2v) is 6.06. The predicted molar refractivity (Wildman–Crippen MR) is 75.4 cm³/mol. The molecule has 1 heterocycles. The molecule has 1 aliphatic rings. The Labute approximate surface area is 118 Å². The predicted octanol–water partition coefficient (Wildman–Crippen LogP) is 1.69. The van der Waals surface area contributed by atoms with Gasteiger partial charge in [-0.3, -0.25) is 0 Å². The Morgan fingerprint density at radius 3 is 3.21 bits per heavy atom. The van der Waals surface area contributed by atoms with Gasteiger partial charge in [-0.05, 0) is 31.2 Å². The van der Waals surface area contributed by atoms with Crippen molar-refractivity contribution in [3.05, 3.63) is 6.20 Å². The van der Waals surface area contributed by atoms with E-state index in [2.05, 4.69) is 21.0 Å². The minimum absolute atomic E-state index is 0.263. The van der Waals surface area contributed by atoms with Crippen LogP contribution in [-0.2, 0) is 0 Å². The second kappa shape index (κ2) is 7.77. The first-order valence-electron chi connectivity index (χ1n) is 7.03. The molecule has 1 fully saturated rings. The van der Waals surface area contributed by atoms with Gasteiger partial charge in [-0.25, -0.2) is 0 Å². The zero-order chi connectivity index (χ0) is 13.5. The molecule has 0 aliphatic heterocycles. The Balaban J connectivity index is 1.54. The molecule has 3 atom stereocenters. The fourth-order valence-electron chi connectivity index (χ4n) is 2.66. The van der Waals surface area contributed by atoms with Crippen LogP contribution in [0.5, 0.6) is 5.88 Å². The zero-order valence-electron chi connectivity index (χ0n) is 11.4. The van der Waals surface area contributed by atoms with Crippen LogP contribution in [0.4, 0.5) is 0 Å². The highest BCUT2D eigenvalue weighted by atomic mass is 32.1. The topological polar surface area (TPSA) is 67.3 Å². The van der Waals surface area contributed by atoms with Crippen LogP contribution in [0.2, 0.25) is 0 Å². The van der Waals surface area contributed by atoms with E-state index in [1.807, 2.05) is 0 Å². The molecule has 0 saturated heterocycles. The number of aliphatic hydroxyl groups is 1. The first kappa shape index (κ1) is 14.7. The third kappa shape index (κ3) is 5.42. The number of ether oxygens (including phenoxy) is 1. The zero-order valence-corrected chi connectivity index (χ0v) is 12.2. The molecule has 0 amide bonds. The third-order valence-corrected chi connectivity index (χ3v) is 4.08. The highest BCUT2D eigenvalue weighted by molar-refractivity contribution is 6.99. The third-order valence-electron chi connectivity index (χ3n) is 3.62. The highest BCUT2D eigenvalue weighted by Gasteiger charge is 2.18. The van der Waals surface area contributed by atoms with E-state index in [-0.39, 0.29) is 6.61 Å². The summed E-state index contributed by atoms with van der Waals surface area (Å²) >= 11 is 1.11. The van der Waals surface area contributed by atoms with Gasteiger partial charge in [0, 0.05) is 6.54 Å². The van der Waals surface area contributed by atoms with E-state index in [0.717, 1.165) is 30.1 Å². The van der Waals surface area contributed by atoms with Gasteiger partial charge in [0.15, 0.2) is 0 Å². The molecule has 1 aliphatic carbocycles. The summed E-state index contributed by atoms with van der Waals surface area (Å²) in [6, 6.07) is 0. The molecule has 3 unspecified atom stereocenters. The van der Waals surface area contributed by atoms with Crippen molar-refractivity contribution in [1.82, 2.24) is 14.1 Å². The van der Waals surface area contributed by atoms with Crippen LogP contribution in [0.3, 0.4) is 0 Å². The van der Waals surface area contributed by atoms with Gasteiger partial charge < -0.3 is 15.2 Å². The van der Waals surface area contributed by atoms with Crippen molar-refractivity contribution in [2.75, 3.05) is 19.7 Å². The summed E-state index contributed by atoms with van der Waals surface area (Å²) < 4.78 is 13.1. The molecule has 5 nitrogen and oxygen atoms in total. The molecule has 2 rings (SSSR count). The van der Waals surface area contributed by atoms with Gasteiger partial charge in [0.1, 0.15) is 18.9 Å². The lowest BCUT2D eigenvalue weighted by atomic mass is 9.82. The van der Waals surface area contributed by atoms with Gasteiger partial charge in [0.05, 0.1) is 11.7 Å². The van der Waals surface area contributed by atoms with Crippen molar-refractivity contribution in [1.29, 1.82) is 0 Å². The second-order valence-electron chi connectivity index (χ2n) is 5.51. The molecule has 19 heavy (non-hydrogen) atoms. The van der Waals surface area contributed by atoms with Crippen molar-refractivity contribution in [3.63, 3.8) is 0 Å². The number of rotatable bonds is 7. The Kier molecular flexibility index (Phi) is 6.00. The maximum atomic E-state index is 9.80. The summed E-state index contributed by atoms with van der Waals surface area (Å²) in [5.41, 5.74) is 0. The van der Waals surface area contributed by atoms with Crippen molar-refractivity contribution < 1.29 is 9.84 Å². The standard InChI is InChI=1S/C13H23N3O2S/c1-10-3-2-4-11(5-10)6-14-7-12(17)9-18-13-8-15-19-16-13/h8,10-12,14,17H,2-7,9H2,1H3. The molecular formula is C13H23N3O2S. The number of hydrogen-bond acceptors (Lipinski definition) is 6. The van der Waals surface area contributed by atoms with Gasteiger partial charge in [0.2, 0.25) is 5.88 Å². The Morgan fingerprint density at radius 1 is 1.58 bits per heavy atom. The lowest BCUT2D eigenvalue weighted by Gasteiger charge is -2.27. The van der Waals surface area contributed by atoms with Gasteiger partial charge in [-0.15, -0.1) is 4.37 Å². The van der Waals surface area contributed by atoms with Crippen LogP contribution < -0.4 is 10.1 Å². The molecule has 6 heteroatoms. The summed E-state index contributed by atoms with van der Waals surface area (Å²) in [6.07, 6.45) is 6.40. The number of nitrogens with one attached hydrogen (secondary N) is 1. The van der Waals surface area contributed by atoms with Crippen LogP contribution in [0.1, 0.15) is 32.6 Å². The highest BCUT2D eigenvalue weighted by Crippen LogP contribution is 2.27. The molecule has 0 spiro atoms. The molecular weight excluding hydrogens is 262 g/mol. The van der Waals surface area contributed by atoms with Gasteiger partial charge in [0.25, 0.3) is 0 Å².